The quantitative estimate of drug-likeness (QED) is 0.509. The van der Waals surface area contributed by atoms with Gasteiger partial charge in [-0.2, -0.15) is 0 Å². The van der Waals surface area contributed by atoms with Crippen molar-refractivity contribution in [1.29, 1.82) is 0 Å². The first-order valence-electron chi connectivity index (χ1n) is 6.10. The van der Waals surface area contributed by atoms with E-state index in [2.05, 4.69) is 0 Å². The van der Waals surface area contributed by atoms with E-state index in [-0.39, 0.29) is 10.6 Å². The highest BCUT2D eigenvalue weighted by Crippen LogP contribution is 2.23. The summed E-state index contributed by atoms with van der Waals surface area (Å²) in [6, 6.07) is 12.6. The van der Waals surface area contributed by atoms with Gasteiger partial charge in [0.2, 0.25) is 11.5 Å². The second-order valence-corrected chi connectivity index (χ2v) is 4.64. The van der Waals surface area contributed by atoms with Gasteiger partial charge in [-0.15, -0.1) is 0 Å². The Kier molecular flexibility index (Phi) is 4.50. The molecule has 5 heteroatoms. The van der Waals surface area contributed by atoms with E-state index in [0.29, 0.717) is 11.3 Å². The highest BCUT2D eigenvalue weighted by Gasteiger charge is 2.19. The van der Waals surface area contributed by atoms with Crippen LogP contribution in [0.25, 0.3) is 5.76 Å². The Morgan fingerprint density at radius 3 is 2.24 bits per heavy atom. The summed E-state index contributed by atoms with van der Waals surface area (Å²) in [4.78, 5) is 12.1. The van der Waals surface area contributed by atoms with Crippen molar-refractivity contribution in [3.05, 3.63) is 70.4 Å². The number of ether oxygens (including phenoxy) is 1. The fourth-order valence-electron chi connectivity index (χ4n) is 1.77. The molecule has 108 valence electrons. The van der Waals surface area contributed by atoms with E-state index in [1.54, 1.807) is 24.3 Å². The molecule has 2 rings (SSSR count). The molecule has 0 atom stereocenters. The summed E-state index contributed by atoms with van der Waals surface area (Å²) in [6.45, 7) is 0. The summed E-state index contributed by atoms with van der Waals surface area (Å²) >= 11 is 5.90. The van der Waals surface area contributed by atoms with E-state index >= 15 is 0 Å². The Morgan fingerprint density at radius 2 is 1.67 bits per heavy atom. The van der Waals surface area contributed by atoms with Gasteiger partial charge < -0.3 is 14.9 Å². The lowest BCUT2D eigenvalue weighted by Crippen LogP contribution is -2.06. The summed E-state index contributed by atoms with van der Waals surface area (Å²) in [5, 5.41) is 20.1. The third kappa shape index (κ3) is 3.17. The predicted octanol–water partition coefficient (Wildman–Crippen LogP) is 4.02. The number of hydrogen-bond acceptors (Lipinski definition) is 4. The maximum absolute atomic E-state index is 12.1. The third-order valence-electron chi connectivity index (χ3n) is 2.92. The van der Waals surface area contributed by atoms with Gasteiger partial charge in [0.05, 0.1) is 12.1 Å². The molecule has 0 unspecified atom stereocenters. The van der Waals surface area contributed by atoms with Crippen LogP contribution in [0, 0.1) is 0 Å². The first-order valence-corrected chi connectivity index (χ1v) is 6.48. The van der Waals surface area contributed by atoms with Crippen LogP contribution >= 0.6 is 11.6 Å². The van der Waals surface area contributed by atoms with Crippen LogP contribution < -0.4 is 4.74 Å². The summed E-state index contributed by atoms with van der Waals surface area (Å²) in [5.74, 6) is -1.41. The van der Waals surface area contributed by atoms with Gasteiger partial charge in [0.1, 0.15) is 5.75 Å². The van der Waals surface area contributed by atoms with E-state index in [1.807, 2.05) is 0 Å². The first kappa shape index (κ1) is 14.9. The van der Waals surface area contributed by atoms with Crippen LogP contribution in [0.2, 0.25) is 5.02 Å². The van der Waals surface area contributed by atoms with Crippen LogP contribution in [0.5, 0.6) is 5.75 Å². The van der Waals surface area contributed by atoms with E-state index in [4.69, 9.17) is 16.3 Å². The minimum Gasteiger partial charge on any atom is -0.504 e. The first-order chi connectivity index (χ1) is 10.0. The van der Waals surface area contributed by atoms with Crippen molar-refractivity contribution in [2.45, 2.75) is 0 Å². The van der Waals surface area contributed by atoms with Gasteiger partial charge in [0.25, 0.3) is 0 Å². The van der Waals surface area contributed by atoms with Gasteiger partial charge in [0.15, 0.2) is 5.76 Å². The van der Waals surface area contributed by atoms with Gasteiger partial charge in [-0.3, -0.25) is 4.79 Å². The van der Waals surface area contributed by atoms with Crippen LogP contribution in [0.1, 0.15) is 15.9 Å². The number of carbonyl (C=O) groups excluding carboxylic acids is 1. The van der Waals surface area contributed by atoms with Crippen molar-refractivity contribution >= 4 is 23.1 Å². The lowest BCUT2D eigenvalue weighted by atomic mass is 10.1. The molecule has 2 aromatic carbocycles. The van der Waals surface area contributed by atoms with E-state index in [1.165, 1.54) is 31.4 Å². The van der Waals surface area contributed by atoms with Crippen LogP contribution in [-0.4, -0.2) is 23.1 Å². The van der Waals surface area contributed by atoms with E-state index in [0.717, 1.165) is 0 Å². The molecule has 0 spiro atoms. The number of allylic oxidation sites excluding steroid dienone is 1. The average Bonchev–Trinajstić information content (AvgIpc) is 2.53. The zero-order valence-corrected chi connectivity index (χ0v) is 12.0. The average molecular weight is 305 g/mol. The monoisotopic (exact) mass is 304 g/mol. The number of halogens is 1. The molecule has 0 saturated carbocycles. The Bertz CT molecular complexity index is 690. The molecule has 0 aromatic heterocycles. The Morgan fingerprint density at radius 1 is 1.05 bits per heavy atom. The molecule has 0 saturated heterocycles. The summed E-state index contributed by atoms with van der Waals surface area (Å²) < 4.78 is 5.00. The standard InChI is InChI=1S/C16H13ClO4/c1-21-11-8-6-10(7-9-11)14(18)16(20)15(19)12-4-2-3-5-13(12)17/h2-9,18,20H,1H3/b16-14+. The fraction of sp³-hybridized carbons (Fsp3) is 0.0625. The largest absolute Gasteiger partial charge is 0.504 e. The van der Waals surface area contributed by atoms with Crippen molar-refractivity contribution < 1.29 is 19.7 Å². The van der Waals surface area contributed by atoms with Gasteiger partial charge in [-0.25, -0.2) is 0 Å². The number of aliphatic hydroxyl groups is 2. The molecule has 0 radical (unpaired) electrons. The minimum atomic E-state index is -0.756. The number of ketones is 1. The minimum absolute atomic E-state index is 0.122. The zero-order valence-electron chi connectivity index (χ0n) is 11.2. The molecule has 4 nitrogen and oxygen atoms in total. The molecule has 0 heterocycles. The predicted molar refractivity (Wildman–Crippen MR) is 81.0 cm³/mol. The van der Waals surface area contributed by atoms with Crippen molar-refractivity contribution in [3.8, 4) is 5.75 Å². The highest BCUT2D eigenvalue weighted by molar-refractivity contribution is 6.35. The molecular weight excluding hydrogens is 292 g/mol. The summed E-state index contributed by atoms with van der Waals surface area (Å²) in [6.07, 6.45) is 0. The molecule has 2 N–H and O–H groups in total. The molecule has 0 fully saturated rings. The molecule has 0 aliphatic rings. The molecule has 0 aliphatic heterocycles. The smallest absolute Gasteiger partial charge is 0.232 e. The highest BCUT2D eigenvalue weighted by atomic mass is 35.5. The van der Waals surface area contributed by atoms with Crippen molar-refractivity contribution in [3.63, 3.8) is 0 Å². The van der Waals surface area contributed by atoms with Crippen molar-refractivity contribution in [2.75, 3.05) is 7.11 Å². The maximum Gasteiger partial charge on any atom is 0.232 e. The van der Waals surface area contributed by atoms with E-state index < -0.39 is 17.3 Å². The van der Waals surface area contributed by atoms with Crippen molar-refractivity contribution in [1.82, 2.24) is 0 Å². The molecule has 0 amide bonds. The van der Waals surface area contributed by atoms with Gasteiger partial charge >= 0.3 is 0 Å². The molecule has 2 aromatic rings. The van der Waals surface area contributed by atoms with Crippen LogP contribution in [0.3, 0.4) is 0 Å². The number of hydrogen-bond donors (Lipinski definition) is 2. The topological polar surface area (TPSA) is 66.8 Å². The second-order valence-electron chi connectivity index (χ2n) is 4.23. The Hall–Kier alpha value is -2.46. The van der Waals surface area contributed by atoms with Gasteiger partial charge in [0, 0.05) is 11.1 Å². The number of aliphatic hydroxyl groups excluding tert-OH is 2. The van der Waals surface area contributed by atoms with Crippen LogP contribution in [0.4, 0.5) is 0 Å². The summed E-state index contributed by atoms with van der Waals surface area (Å²) in [7, 11) is 1.52. The lowest BCUT2D eigenvalue weighted by Gasteiger charge is -2.07. The van der Waals surface area contributed by atoms with Gasteiger partial charge in [-0.05, 0) is 36.4 Å². The molecule has 0 bridgehead atoms. The number of carbonyl (C=O) groups is 1. The SMILES string of the molecule is COc1ccc(/C(O)=C(\O)C(=O)c2ccccc2Cl)cc1. The molecular formula is C16H13ClO4. The maximum atomic E-state index is 12.1. The zero-order chi connectivity index (χ0) is 15.4. The number of Topliss-reactive ketones (excluding diaryl/α,β-unsaturated/α-hetero) is 1. The number of benzene rings is 2. The van der Waals surface area contributed by atoms with E-state index in [9.17, 15) is 15.0 Å². The Labute approximate surface area is 126 Å². The number of methoxy groups -OCH3 is 1. The van der Waals surface area contributed by atoms with Crippen LogP contribution in [-0.2, 0) is 0 Å². The van der Waals surface area contributed by atoms with Crippen molar-refractivity contribution in [2.24, 2.45) is 0 Å². The fourth-order valence-corrected chi connectivity index (χ4v) is 1.99. The normalized spacial score (nSPS) is 11.7. The lowest BCUT2D eigenvalue weighted by molar-refractivity contribution is 0.0975. The molecule has 0 aliphatic carbocycles. The van der Waals surface area contributed by atoms with Crippen LogP contribution in [0.15, 0.2) is 54.3 Å². The second kappa shape index (κ2) is 6.33. The molecule has 21 heavy (non-hydrogen) atoms. The number of rotatable bonds is 4. The third-order valence-corrected chi connectivity index (χ3v) is 3.25. The van der Waals surface area contributed by atoms with Gasteiger partial charge in [-0.1, -0.05) is 23.7 Å². The Balaban J connectivity index is 2.37. The summed E-state index contributed by atoms with van der Waals surface area (Å²) in [5.41, 5.74) is 0.422.